The molecule has 0 aliphatic rings. The normalized spacial score (nSPS) is 12.4. The molecule has 3 heteroatoms. The summed E-state index contributed by atoms with van der Waals surface area (Å²) in [5, 5.41) is 3.41. The van der Waals surface area contributed by atoms with Gasteiger partial charge in [-0.15, -0.1) is 0 Å². The van der Waals surface area contributed by atoms with Crippen LogP contribution >= 0.6 is 0 Å². The molecule has 1 atom stereocenters. The van der Waals surface area contributed by atoms with E-state index in [2.05, 4.69) is 19.2 Å². The van der Waals surface area contributed by atoms with Crippen LogP contribution in [-0.2, 0) is 0 Å². The van der Waals surface area contributed by atoms with Gasteiger partial charge in [0.15, 0.2) is 0 Å². The topological polar surface area (TPSA) is 12.0 Å². The standard InChI is InChI=1S/C18H21F2N/c1-4-9-21-13(3)16-7-6-15(19)11-17(16)14-5-8-18(20)12(2)10-14/h5-8,10-11,13,21H,4,9H2,1-3H3. The van der Waals surface area contributed by atoms with E-state index in [9.17, 15) is 8.78 Å². The van der Waals surface area contributed by atoms with Crippen LogP contribution in [0.2, 0.25) is 0 Å². The van der Waals surface area contributed by atoms with Crippen molar-refractivity contribution in [1.29, 1.82) is 0 Å². The van der Waals surface area contributed by atoms with Gasteiger partial charge in [-0.3, -0.25) is 0 Å². The van der Waals surface area contributed by atoms with Gasteiger partial charge in [0, 0.05) is 6.04 Å². The Bertz CT molecular complexity index is 623. The van der Waals surface area contributed by atoms with E-state index in [-0.39, 0.29) is 17.7 Å². The smallest absolute Gasteiger partial charge is 0.126 e. The molecule has 1 nitrogen and oxygen atoms in total. The van der Waals surface area contributed by atoms with Crippen LogP contribution in [-0.4, -0.2) is 6.54 Å². The second-order valence-electron chi connectivity index (χ2n) is 5.37. The van der Waals surface area contributed by atoms with Gasteiger partial charge in [-0.2, -0.15) is 0 Å². The van der Waals surface area contributed by atoms with Crippen LogP contribution in [0.15, 0.2) is 36.4 Å². The van der Waals surface area contributed by atoms with Crippen LogP contribution in [0.1, 0.15) is 37.4 Å². The lowest BCUT2D eigenvalue weighted by atomic mass is 9.94. The zero-order valence-corrected chi connectivity index (χ0v) is 12.7. The molecule has 0 saturated carbocycles. The first kappa shape index (κ1) is 15.6. The fourth-order valence-corrected chi connectivity index (χ4v) is 2.44. The van der Waals surface area contributed by atoms with Crippen LogP contribution < -0.4 is 5.32 Å². The molecule has 2 rings (SSSR count). The molecule has 21 heavy (non-hydrogen) atoms. The third kappa shape index (κ3) is 3.67. The van der Waals surface area contributed by atoms with Crippen molar-refractivity contribution in [3.8, 4) is 11.1 Å². The summed E-state index contributed by atoms with van der Waals surface area (Å²) >= 11 is 0. The first-order valence-electron chi connectivity index (χ1n) is 7.32. The molecule has 0 heterocycles. The van der Waals surface area contributed by atoms with Gasteiger partial charge in [-0.1, -0.05) is 19.1 Å². The van der Waals surface area contributed by atoms with Crippen molar-refractivity contribution in [2.75, 3.05) is 6.54 Å². The molecule has 0 bridgehead atoms. The van der Waals surface area contributed by atoms with Crippen molar-refractivity contribution in [1.82, 2.24) is 5.32 Å². The molecule has 0 aromatic heterocycles. The highest BCUT2D eigenvalue weighted by molar-refractivity contribution is 5.68. The Balaban J connectivity index is 2.45. The van der Waals surface area contributed by atoms with E-state index in [1.165, 1.54) is 18.2 Å². The van der Waals surface area contributed by atoms with Crippen LogP contribution in [0.4, 0.5) is 8.78 Å². The number of benzene rings is 2. The Labute approximate surface area is 125 Å². The molecule has 1 N–H and O–H groups in total. The number of hydrogen-bond donors (Lipinski definition) is 1. The lowest BCUT2D eigenvalue weighted by molar-refractivity contribution is 0.569. The molecule has 2 aromatic rings. The van der Waals surface area contributed by atoms with Crippen LogP contribution in [0.5, 0.6) is 0 Å². The average Bonchev–Trinajstić information content (AvgIpc) is 2.47. The lowest BCUT2D eigenvalue weighted by Crippen LogP contribution is -2.20. The summed E-state index contributed by atoms with van der Waals surface area (Å²) in [6, 6.07) is 9.81. The summed E-state index contributed by atoms with van der Waals surface area (Å²) in [6.45, 7) is 6.79. The highest BCUT2D eigenvalue weighted by atomic mass is 19.1. The Kier molecular flexibility index (Phi) is 5.07. The number of nitrogens with one attached hydrogen (secondary N) is 1. The van der Waals surface area contributed by atoms with E-state index < -0.39 is 0 Å². The second kappa shape index (κ2) is 6.81. The van der Waals surface area contributed by atoms with Gasteiger partial charge >= 0.3 is 0 Å². The molecular formula is C18H21F2N. The molecule has 0 aliphatic carbocycles. The molecule has 1 unspecified atom stereocenters. The zero-order valence-electron chi connectivity index (χ0n) is 12.7. The van der Waals surface area contributed by atoms with Gasteiger partial charge in [-0.05, 0) is 73.3 Å². The summed E-state index contributed by atoms with van der Waals surface area (Å²) in [6.07, 6.45) is 1.04. The van der Waals surface area contributed by atoms with Crippen molar-refractivity contribution in [2.24, 2.45) is 0 Å². The number of rotatable bonds is 5. The third-order valence-corrected chi connectivity index (χ3v) is 3.65. The van der Waals surface area contributed by atoms with Crippen molar-refractivity contribution in [3.05, 3.63) is 59.2 Å². The summed E-state index contributed by atoms with van der Waals surface area (Å²) in [7, 11) is 0. The average molecular weight is 289 g/mol. The summed E-state index contributed by atoms with van der Waals surface area (Å²) in [5.41, 5.74) is 3.25. The monoisotopic (exact) mass is 289 g/mol. The maximum absolute atomic E-state index is 13.6. The maximum atomic E-state index is 13.6. The van der Waals surface area contributed by atoms with Gasteiger partial charge in [0.1, 0.15) is 11.6 Å². The quantitative estimate of drug-likeness (QED) is 0.816. The fraction of sp³-hybridized carbons (Fsp3) is 0.333. The Morgan fingerprint density at radius 3 is 2.52 bits per heavy atom. The number of aryl methyl sites for hydroxylation is 1. The predicted molar refractivity (Wildman–Crippen MR) is 83.2 cm³/mol. The van der Waals surface area contributed by atoms with E-state index in [1.807, 2.05) is 0 Å². The third-order valence-electron chi connectivity index (χ3n) is 3.65. The lowest BCUT2D eigenvalue weighted by Gasteiger charge is -2.18. The van der Waals surface area contributed by atoms with E-state index in [1.54, 1.807) is 25.1 Å². The SMILES string of the molecule is CCCNC(C)c1ccc(F)cc1-c1ccc(F)c(C)c1. The second-order valence-corrected chi connectivity index (χ2v) is 5.37. The largest absolute Gasteiger partial charge is 0.310 e. The minimum absolute atomic E-state index is 0.117. The molecule has 112 valence electrons. The predicted octanol–water partition coefficient (Wildman–Crippen LogP) is 5.00. The Hall–Kier alpha value is -1.74. The minimum atomic E-state index is -0.279. The van der Waals surface area contributed by atoms with E-state index in [0.717, 1.165) is 29.7 Å². The minimum Gasteiger partial charge on any atom is -0.310 e. The molecular weight excluding hydrogens is 268 g/mol. The Morgan fingerprint density at radius 2 is 1.86 bits per heavy atom. The van der Waals surface area contributed by atoms with Crippen molar-refractivity contribution < 1.29 is 8.78 Å². The molecule has 0 fully saturated rings. The molecule has 0 radical (unpaired) electrons. The van der Waals surface area contributed by atoms with Crippen molar-refractivity contribution in [3.63, 3.8) is 0 Å². The van der Waals surface area contributed by atoms with Gasteiger partial charge in [0.05, 0.1) is 0 Å². The highest BCUT2D eigenvalue weighted by Gasteiger charge is 2.13. The Morgan fingerprint density at radius 1 is 1.10 bits per heavy atom. The zero-order chi connectivity index (χ0) is 15.4. The van der Waals surface area contributed by atoms with E-state index in [4.69, 9.17) is 0 Å². The van der Waals surface area contributed by atoms with Gasteiger partial charge in [-0.25, -0.2) is 8.78 Å². The molecule has 0 spiro atoms. The molecule has 2 aromatic carbocycles. The van der Waals surface area contributed by atoms with Gasteiger partial charge in [0.25, 0.3) is 0 Å². The van der Waals surface area contributed by atoms with Crippen LogP contribution in [0.3, 0.4) is 0 Å². The van der Waals surface area contributed by atoms with E-state index in [0.29, 0.717) is 5.56 Å². The van der Waals surface area contributed by atoms with Gasteiger partial charge in [0.2, 0.25) is 0 Å². The van der Waals surface area contributed by atoms with Crippen LogP contribution in [0, 0.1) is 18.6 Å². The highest BCUT2D eigenvalue weighted by Crippen LogP contribution is 2.30. The fourth-order valence-electron chi connectivity index (χ4n) is 2.44. The summed E-state index contributed by atoms with van der Waals surface area (Å²) in [4.78, 5) is 0. The summed E-state index contributed by atoms with van der Waals surface area (Å²) < 4.78 is 27.1. The molecule has 0 aliphatic heterocycles. The first-order valence-corrected chi connectivity index (χ1v) is 7.32. The van der Waals surface area contributed by atoms with Gasteiger partial charge < -0.3 is 5.32 Å². The number of hydrogen-bond acceptors (Lipinski definition) is 1. The number of halogens is 2. The maximum Gasteiger partial charge on any atom is 0.126 e. The van der Waals surface area contributed by atoms with Crippen molar-refractivity contribution in [2.45, 2.75) is 33.2 Å². The first-order chi connectivity index (χ1) is 10.0. The molecule has 0 saturated heterocycles. The van der Waals surface area contributed by atoms with Crippen molar-refractivity contribution >= 4 is 0 Å². The van der Waals surface area contributed by atoms with Crippen LogP contribution in [0.25, 0.3) is 11.1 Å². The summed E-state index contributed by atoms with van der Waals surface area (Å²) in [5.74, 6) is -0.521. The van der Waals surface area contributed by atoms with E-state index >= 15 is 0 Å². The molecule has 0 amide bonds.